The van der Waals surface area contributed by atoms with Gasteiger partial charge in [-0.25, -0.2) is 17.6 Å². The molecular formula is C28H33FN4O7S. The van der Waals surface area contributed by atoms with Gasteiger partial charge in [-0.3, -0.25) is 4.79 Å². The van der Waals surface area contributed by atoms with E-state index in [1.54, 1.807) is 20.8 Å². The third-order valence-corrected chi connectivity index (χ3v) is 8.50. The molecule has 1 fully saturated rings. The van der Waals surface area contributed by atoms with E-state index in [0.717, 1.165) is 11.6 Å². The molecule has 2 heterocycles. The van der Waals surface area contributed by atoms with Gasteiger partial charge in [0.15, 0.2) is 0 Å². The molecule has 0 bridgehead atoms. The van der Waals surface area contributed by atoms with Crippen molar-refractivity contribution in [2.45, 2.75) is 39.7 Å². The highest BCUT2D eigenvalue weighted by atomic mass is 32.2. The van der Waals surface area contributed by atoms with Crippen molar-refractivity contribution in [1.82, 2.24) is 19.3 Å². The average molecular weight is 589 g/mol. The lowest BCUT2D eigenvalue weighted by Crippen LogP contribution is -2.52. The second-order valence-electron chi connectivity index (χ2n) is 11.0. The van der Waals surface area contributed by atoms with Gasteiger partial charge in [0, 0.05) is 31.7 Å². The molecule has 1 unspecified atom stereocenters. The second kappa shape index (κ2) is 12.0. The number of aliphatic carboxylic acids is 1. The van der Waals surface area contributed by atoms with Crippen molar-refractivity contribution in [3.05, 3.63) is 59.4 Å². The van der Waals surface area contributed by atoms with Crippen molar-refractivity contribution in [3.8, 4) is 22.8 Å². The third-order valence-electron chi connectivity index (χ3n) is 6.53. The van der Waals surface area contributed by atoms with Crippen molar-refractivity contribution in [2.24, 2.45) is 5.92 Å². The summed E-state index contributed by atoms with van der Waals surface area (Å²) in [5.74, 6) is -3.72. The number of halogens is 1. The topological polar surface area (TPSA) is 143 Å². The molecule has 1 aliphatic rings. The van der Waals surface area contributed by atoms with Crippen LogP contribution in [0.25, 0.3) is 22.8 Å². The SMILES string of the molecule is Cc1ccc(-c2nc(-c3ccc(CC(CS(=O)(=O)N4CCN(C(=O)OC(C)(C)C)CC4)C(=O)O)cc3F)no2)cc1. The molecule has 1 saturated heterocycles. The van der Waals surface area contributed by atoms with Crippen LogP contribution in [0.15, 0.2) is 47.0 Å². The second-order valence-corrected chi connectivity index (χ2v) is 13.0. The Morgan fingerprint density at radius 1 is 1.10 bits per heavy atom. The van der Waals surface area contributed by atoms with E-state index in [1.807, 2.05) is 31.2 Å². The molecule has 1 atom stereocenters. The maximum absolute atomic E-state index is 15.0. The first kappa shape index (κ1) is 30.1. The summed E-state index contributed by atoms with van der Waals surface area (Å²) in [5.41, 5.74) is 1.44. The van der Waals surface area contributed by atoms with E-state index in [1.165, 1.54) is 21.3 Å². The number of ether oxygens (including phenoxy) is 1. The van der Waals surface area contributed by atoms with Crippen LogP contribution in [0.2, 0.25) is 0 Å². The van der Waals surface area contributed by atoms with Crippen LogP contribution >= 0.6 is 0 Å². The van der Waals surface area contributed by atoms with E-state index in [0.29, 0.717) is 11.1 Å². The molecule has 0 saturated carbocycles. The Labute approximate surface area is 238 Å². The number of nitrogens with zero attached hydrogens (tertiary/aromatic N) is 4. The molecule has 41 heavy (non-hydrogen) atoms. The summed E-state index contributed by atoms with van der Waals surface area (Å²) in [5, 5.41) is 13.6. The monoisotopic (exact) mass is 588 g/mol. The van der Waals surface area contributed by atoms with Gasteiger partial charge in [-0.15, -0.1) is 0 Å². The Kier molecular flexibility index (Phi) is 8.78. The van der Waals surface area contributed by atoms with E-state index in [2.05, 4.69) is 10.1 Å². The lowest BCUT2D eigenvalue weighted by molar-refractivity contribution is -0.140. The first-order valence-corrected chi connectivity index (χ1v) is 14.7. The van der Waals surface area contributed by atoms with Crippen LogP contribution in [0.4, 0.5) is 9.18 Å². The van der Waals surface area contributed by atoms with Crippen LogP contribution < -0.4 is 0 Å². The first-order valence-electron chi connectivity index (χ1n) is 13.1. The molecule has 3 aromatic rings. The van der Waals surface area contributed by atoms with Crippen molar-refractivity contribution in [3.63, 3.8) is 0 Å². The molecule has 1 N–H and O–H groups in total. The number of carbonyl (C=O) groups is 2. The molecule has 13 heteroatoms. The van der Waals surface area contributed by atoms with Crippen LogP contribution in [0.5, 0.6) is 0 Å². The Morgan fingerprint density at radius 3 is 2.34 bits per heavy atom. The van der Waals surface area contributed by atoms with E-state index < -0.39 is 45.2 Å². The summed E-state index contributed by atoms with van der Waals surface area (Å²) in [7, 11) is -3.97. The minimum absolute atomic E-state index is 0.0204. The lowest BCUT2D eigenvalue weighted by Gasteiger charge is -2.35. The number of hydrogen-bond acceptors (Lipinski definition) is 8. The van der Waals surface area contributed by atoms with Crippen molar-refractivity contribution in [1.29, 1.82) is 0 Å². The van der Waals surface area contributed by atoms with Gasteiger partial charge >= 0.3 is 12.1 Å². The highest BCUT2D eigenvalue weighted by Crippen LogP contribution is 2.26. The Bertz CT molecular complexity index is 1510. The zero-order chi connectivity index (χ0) is 29.9. The molecule has 0 aliphatic carbocycles. The highest BCUT2D eigenvalue weighted by Gasteiger charge is 2.34. The van der Waals surface area contributed by atoms with Crippen LogP contribution in [-0.4, -0.2) is 82.5 Å². The summed E-state index contributed by atoms with van der Waals surface area (Å²) < 4.78 is 53.0. The fourth-order valence-corrected chi connectivity index (χ4v) is 6.05. The maximum Gasteiger partial charge on any atom is 0.410 e. The van der Waals surface area contributed by atoms with Gasteiger partial charge in [0.05, 0.1) is 17.2 Å². The number of carboxylic acid groups (broad SMARTS) is 1. The first-order chi connectivity index (χ1) is 19.2. The zero-order valence-electron chi connectivity index (χ0n) is 23.3. The Hall–Kier alpha value is -3.84. The Morgan fingerprint density at radius 2 is 1.76 bits per heavy atom. The van der Waals surface area contributed by atoms with Gasteiger partial charge in [-0.2, -0.15) is 9.29 Å². The molecule has 220 valence electrons. The number of rotatable bonds is 8. The van der Waals surface area contributed by atoms with Crippen molar-refractivity contribution in [2.75, 3.05) is 31.9 Å². The molecule has 0 spiro atoms. The molecule has 11 nitrogen and oxygen atoms in total. The summed E-state index contributed by atoms with van der Waals surface area (Å²) in [6.07, 6.45) is -0.736. The number of amides is 1. The van der Waals surface area contributed by atoms with Crippen LogP contribution in [-0.2, 0) is 26.0 Å². The van der Waals surface area contributed by atoms with Gasteiger partial charge in [0.2, 0.25) is 15.8 Å². The predicted molar refractivity (Wildman–Crippen MR) is 148 cm³/mol. The summed E-state index contributed by atoms with van der Waals surface area (Å²) >= 11 is 0. The maximum atomic E-state index is 15.0. The summed E-state index contributed by atoms with van der Waals surface area (Å²) in [6.45, 7) is 7.46. The number of piperazine rings is 1. The quantitative estimate of drug-likeness (QED) is 0.413. The summed E-state index contributed by atoms with van der Waals surface area (Å²) in [6, 6.07) is 11.5. The fourth-order valence-electron chi connectivity index (χ4n) is 4.35. The number of hydrogen-bond donors (Lipinski definition) is 1. The number of carbonyl (C=O) groups excluding carboxylic acids is 1. The number of carboxylic acids is 1. The number of sulfonamides is 1. The fraction of sp³-hybridized carbons (Fsp3) is 0.429. The van der Waals surface area contributed by atoms with Crippen LogP contribution in [0.3, 0.4) is 0 Å². The minimum Gasteiger partial charge on any atom is -0.481 e. The molecule has 1 aromatic heterocycles. The molecule has 2 aromatic carbocycles. The summed E-state index contributed by atoms with van der Waals surface area (Å²) in [4.78, 5) is 30.0. The normalized spacial score (nSPS) is 15.5. The number of aromatic nitrogens is 2. The molecule has 4 rings (SSSR count). The molecular weight excluding hydrogens is 555 g/mol. The number of benzene rings is 2. The molecule has 1 amide bonds. The Balaban J connectivity index is 1.40. The van der Waals surface area contributed by atoms with Crippen molar-refractivity contribution >= 4 is 22.1 Å². The predicted octanol–water partition coefficient (Wildman–Crippen LogP) is 3.98. The average Bonchev–Trinajstić information content (AvgIpc) is 3.38. The number of aryl methyl sites for hydroxylation is 1. The molecule has 0 radical (unpaired) electrons. The third kappa shape index (κ3) is 7.67. The largest absolute Gasteiger partial charge is 0.481 e. The van der Waals surface area contributed by atoms with E-state index in [4.69, 9.17) is 9.26 Å². The van der Waals surface area contributed by atoms with E-state index >= 15 is 4.39 Å². The minimum atomic E-state index is -3.97. The van der Waals surface area contributed by atoms with E-state index in [9.17, 15) is 23.1 Å². The van der Waals surface area contributed by atoms with Gasteiger partial charge in [0.1, 0.15) is 11.4 Å². The van der Waals surface area contributed by atoms with Crippen molar-refractivity contribution < 1.29 is 36.8 Å². The van der Waals surface area contributed by atoms with Crippen LogP contribution in [0, 0.1) is 18.7 Å². The van der Waals surface area contributed by atoms with E-state index in [-0.39, 0.29) is 49.9 Å². The smallest absolute Gasteiger partial charge is 0.410 e. The lowest BCUT2D eigenvalue weighted by atomic mass is 9.99. The van der Waals surface area contributed by atoms with Gasteiger partial charge in [-0.05, 0) is 63.9 Å². The van der Waals surface area contributed by atoms with Gasteiger partial charge in [-0.1, -0.05) is 28.9 Å². The highest BCUT2D eigenvalue weighted by molar-refractivity contribution is 7.89. The van der Waals surface area contributed by atoms with Crippen LogP contribution in [0.1, 0.15) is 31.9 Å². The van der Waals surface area contributed by atoms with Gasteiger partial charge in [0.25, 0.3) is 5.89 Å². The molecule has 1 aliphatic heterocycles. The standard InChI is InChI=1S/C28H33FN4O7S/c1-18-5-8-20(9-6-18)25-30-24(31-40-25)22-10-7-19(16-23(22)29)15-21(26(34)35)17-41(37,38)33-13-11-32(12-14-33)27(36)39-28(2,3)4/h5-10,16,21H,11-15,17H2,1-4H3,(H,34,35). The zero-order valence-corrected chi connectivity index (χ0v) is 24.1. The van der Waals surface area contributed by atoms with Gasteiger partial charge < -0.3 is 19.3 Å².